The van der Waals surface area contributed by atoms with E-state index in [1.54, 1.807) is 48.5 Å². The van der Waals surface area contributed by atoms with E-state index in [-0.39, 0.29) is 18.3 Å². The summed E-state index contributed by atoms with van der Waals surface area (Å²) in [4.78, 5) is 35.0. The maximum atomic E-state index is 12.2. The van der Waals surface area contributed by atoms with Gasteiger partial charge in [-0.3, -0.25) is 9.59 Å². The summed E-state index contributed by atoms with van der Waals surface area (Å²) in [5, 5.41) is 2.68. The Morgan fingerprint density at radius 2 is 1.59 bits per heavy atom. The molecule has 1 amide bonds. The number of esters is 1. The molecule has 0 spiro atoms. The Kier molecular flexibility index (Phi) is 7.97. The molecule has 29 heavy (non-hydrogen) atoms. The van der Waals surface area contributed by atoms with Gasteiger partial charge < -0.3 is 19.5 Å². The van der Waals surface area contributed by atoms with E-state index >= 15 is 0 Å². The van der Waals surface area contributed by atoms with Gasteiger partial charge in [-0.2, -0.15) is 0 Å². The van der Waals surface area contributed by atoms with Crippen LogP contribution in [0.5, 0.6) is 11.5 Å². The molecule has 7 heteroatoms. The Labute approximate surface area is 169 Å². The van der Waals surface area contributed by atoms with Crippen molar-refractivity contribution in [1.82, 2.24) is 5.32 Å². The lowest BCUT2D eigenvalue weighted by Crippen LogP contribution is -2.19. The zero-order valence-corrected chi connectivity index (χ0v) is 16.6. The van der Waals surface area contributed by atoms with Crippen LogP contribution in [-0.2, 0) is 20.9 Å². The molecule has 0 aliphatic heterocycles. The lowest BCUT2D eigenvalue weighted by Gasteiger charge is -2.06. The van der Waals surface area contributed by atoms with Gasteiger partial charge in [0.1, 0.15) is 11.5 Å². The number of ether oxygens (including phenoxy) is 3. The molecule has 152 valence electrons. The molecule has 2 aromatic carbocycles. The number of Topliss-reactive ketones (excluding diaryl/α,β-unsaturated/α-hetero) is 1. The molecule has 0 heterocycles. The highest BCUT2D eigenvalue weighted by molar-refractivity contribution is 5.99. The first-order valence-corrected chi connectivity index (χ1v) is 8.85. The smallest absolute Gasteiger partial charge is 0.331 e. The van der Waals surface area contributed by atoms with Crippen LogP contribution in [0, 0.1) is 0 Å². The van der Waals surface area contributed by atoms with Crippen LogP contribution in [-0.4, -0.2) is 38.5 Å². The van der Waals surface area contributed by atoms with Gasteiger partial charge in [0.15, 0.2) is 12.4 Å². The van der Waals surface area contributed by atoms with Crippen molar-refractivity contribution >= 4 is 23.7 Å². The minimum absolute atomic E-state index is 0.127. The fraction of sp³-hybridized carbons (Fsp3) is 0.227. The predicted octanol–water partition coefficient (Wildman–Crippen LogP) is 2.78. The lowest BCUT2D eigenvalue weighted by molar-refractivity contribution is -0.136. The summed E-state index contributed by atoms with van der Waals surface area (Å²) in [6.45, 7) is 1.46. The molecule has 7 nitrogen and oxygen atoms in total. The molecular weight excluding hydrogens is 374 g/mol. The Morgan fingerprint density at radius 1 is 0.966 bits per heavy atom. The molecule has 0 saturated carbocycles. The molecule has 0 unspecified atom stereocenters. The molecular formula is C22H23NO6. The Morgan fingerprint density at radius 3 is 2.14 bits per heavy atom. The van der Waals surface area contributed by atoms with Gasteiger partial charge in [-0.05, 0) is 29.3 Å². The van der Waals surface area contributed by atoms with E-state index in [9.17, 15) is 14.4 Å². The van der Waals surface area contributed by atoms with Gasteiger partial charge in [0.05, 0.1) is 14.2 Å². The third kappa shape index (κ3) is 7.14. The highest BCUT2D eigenvalue weighted by Gasteiger charge is 2.09. The second-order valence-corrected chi connectivity index (χ2v) is 6.12. The number of benzene rings is 2. The van der Waals surface area contributed by atoms with Gasteiger partial charge in [0.2, 0.25) is 5.91 Å². The molecule has 2 rings (SSSR count). The zero-order chi connectivity index (χ0) is 21.2. The van der Waals surface area contributed by atoms with Crippen LogP contribution in [0.4, 0.5) is 0 Å². The van der Waals surface area contributed by atoms with Crippen molar-refractivity contribution in [3.63, 3.8) is 0 Å². The van der Waals surface area contributed by atoms with Gasteiger partial charge in [-0.15, -0.1) is 0 Å². The van der Waals surface area contributed by atoms with Crippen LogP contribution in [0.2, 0.25) is 0 Å². The summed E-state index contributed by atoms with van der Waals surface area (Å²) in [7, 11) is 3.07. The van der Waals surface area contributed by atoms with Crippen molar-refractivity contribution in [2.75, 3.05) is 20.8 Å². The minimum Gasteiger partial charge on any atom is -0.497 e. The third-order valence-corrected chi connectivity index (χ3v) is 3.95. The number of hydrogen-bond acceptors (Lipinski definition) is 6. The Balaban J connectivity index is 1.89. The minimum atomic E-state index is -0.637. The van der Waals surface area contributed by atoms with Gasteiger partial charge >= 0.3 is 5.97 Å². The van der Waals surface area contributed by atoms with E-state index in [2.05, 4.69) is 5.32 Å². The van der Waals surface area contributed by atoms with E-state index in [0.717, 1.165) is 5.56 Å². The van der Waals surface area contributed by atoms with Crippen molar-refractivity contribution in [2.24, 2.45) is 0 Å². The molecule has 2 aromatic rings. The number of methoxy groups -OCH3 is 2. The number of hydrogen-bond donors (Lipinski definition) is 1. The number of nitrogens with one attached hydrogen (secondary N) is 1. The van der Waals surface area contributed by atoms with Crippen LogP contribution in [0.25, 0.3) is 6.08 Å². The van der Waals surface area contributed by atoms with Crippen molar-refractivity contribution < 1.29 is 28.6 Å². The molecule has 0 aromatic heterocycles. The van der Waals surface area contributed by atoms with Crippen LogP contribution in [0.1, 0.15) is 28.4 Å². The fourth-order valence-electron chi connectivity index (χ4n) is 2.39. The quantitative estimate of drug-likeness (QED) is 0.397. The van der Waals surface area contributed by atoms with E-state index in [0.29, 0.717) is 29.2 Å². The number of amides is 1. The summed E-state index contributed by atoms with van der Waals surface area (Å²) in [5.74, 6) is 0.102. The normalized spacial score (nSPS) is 10.4. The molecule has 0 atom stereocenters. The molecule has 0 fully saturated rings. The van der Waals surface area contributed by atoms with Crippen molar-refractivity contribution in [2.45, 2.75) is 13.5 Å². The van der Waals surface area contributed by atoms with E-state index in [4.69, 9.17) is 14.2 Å². The molecule has 0 radical (unpaired) electrons. The Bertz CT molecular complexity index is 880. The maximum absolute atomic E-state index is 12.2. The van der Waals surface area contributed by atoms with E-state index in [1.807, 2.05) is 0 Å². The molecule has 0 aliphatic rings. The summed E-state index contributed by atoms with van der Waals surface area (Å²) < 4.78 is 15.4. The van der Waals surface area contributed by atoms with E-state index in [1.165, 1.54) is 27.2 Å². The van der Waals surface area contributed by atoms with Crippen molar-refractivity contribution in [1.29, 1.82) is 0 Å². The number of carbonyl (C=O) groups is 3. The summed E-state index contributed by atoms with van der Waals surface area (Å²) in [6, 6.07) is 11.9. The average molecular weight is 397 g/mol. The summed E-state index contributed by atoms with van der Waals surface area (Å²) in [6.07, 6.45) is 2.78. The van der Waals surface area contributed by atoms with Gasteiger partial charge in [0.25, 0.3) is 0 Å². The third-order valence-electron chi connectivity index (χ3n) is 3.95. The molecule has 0 saturated heterocycles. The first kappa shape index (κ1) is 21.7. The Hall–Kier alpha value is -3.61. The first-order chi connectivity index (χ1) is 13.9. The zero-order valence-electron chi connectivity index (χ0n) is 16.6. The first-order valence-electron chi connectivity index (χ1n) is 8.85. The predicted molar refractivity (Wildman–Crippen MR) is 108 cm³/mol. The number of rotatable bonds is 9. The second-order valence-electron chi connectivity index (χ2n) is 6.12. The van der Waals surface area contributed by atoms with Gasteiger partial charge in [-0.1, -0.05) is 24.3 Å². The van der Waals surface area contributed by atoms with E-state index < -0.39 is 5.97 Å². The topological polar surface area (TPSA) is 90.9 Å². The monoisotopic (exact) mass is 397 g/mol. The van der Waals surface area contributed by atoms with Crippen LogP contribution < -0.4 is 14.8 Å². The van der Waals surface area contributed by atoms with Gasteiger partial charge in [0, 0.05) is 31.2 Å². The number of carbonyl (C=O) groups excluding carboxylic acids is 3. The fourth-order valence-corrected chi connectivity index (χ4v) is 2.39. The summed E-state index contributed by atoms with van der Waals surface area (Å²) >= 11 is 0. The molecule has 0 aliphatic carbocycles. The average Bonchev–Trinajstić information content (AvgIpc) is 2.74. The standard InChI is InChI=1S/C22H23NO6/c1-15(24)23-13-16-4-7-18(8-5-16)21(25)14-29-22(26)9-6-17-10-19(27-2)12-20(11-17)28-3/h4-12H,13-14H2,1-3H3,(H,23,24)/b9-6+. The van der Waals surface area contributed by atoms with Crippen LogP contribution in [0.3, 0.4) is 0 Å². The molecule has 1 N–H and O–H groups in total. The lowest BCUT2D eigenvalue weighted by atomic mass is 10.1. The second kappa shape index (κ2) is 10.7. The largest absolute Gasteiger partial charge is 0.497 e. The van der Waals surface area contributed by atoms with Crippen molar-refractivity contribution in [3.8, 4) is 11.5 Å². The molecule has 0 bridgehead atoms. The number of ketones is 1. The maximum Gasteiger partial charge on any atom is 0.331 e. The highest BCUT2D eigenvalue weighted by atomic mass is 16.5. The summed E-state index contributed by atoms with van der Waals surface area (Å²) in [5.41, 5.74) is 1.98. The van der Waals surface area contributed by atoms with Crippen molar-refractivity contribution in [3.05, 3.63) is 65.2 Å². The highest BCUT2D eigenvalue weighted by Crippen LogP contribution is 2.23. The SMILES string of the molecule is COc1cc(/C=C/C(=O)OCC(=O)c2ccc(CNC(C)=O)cc2)cc(OC)c1. The van der Waals surface area contributed by atoms with Gasteiger partial charge in [-0.25, -0.2) is 4.79 Å². The van der Waals surface area contributed by atoms with Crippen LogP contribution >= 0.6 is 0 Å². The van der Waals surface area contributed by atoms with Crippen LogP contribution in [0.15, 0.2) is 48.5 Å².